The molecule has 0 spiro atoms. The molecule has 0 bridgehead atoms. The smallest absolute Gasteiger partial charge is 0.271 e. The molecule has 0 N–H and O–H groups in total. The highest BCUT2D eigenvalue weighted by Crippen LogP contribution is 2.48. The summed E-state index contributed by atoms with van der Waals surface area (Å²) in [6.45, 7) is 0. The summed E-state index contributed by atoms with van der Waals surface area (Å²) in [6.07, 6.45) is 0. The second-order valence-corrected chi connectivity index (χ2v) is 5.70. The van der Waals surface area contributed by atoms with Gasteiger partial charge in [0.25, 0.3) is 5.69 Å². The quantitative estimate of drug-likeness (QED) is 0.574. The highest BCUT2D eigenvalue weighted by molar-refractivity contribution is 7.99. The van der Waals surface area contributed by atoms with Crippen molar-refractivity contribution in [2.45, 2.75) is 9.79 Å². The maximum absolute atomic E-state index is 10.8. The monoisotopic (exact) mass is 292 g/mol. The Hall–Kier alpha value is -1.72. The molecule has 19 heavy (non-hydrogen) atoms. The molecular formula is C13H9ClN2O2S. The number of halogens is 1. The maximum Gasteiger partial charge on any atom is 0.271 e. The molecule has 0 atom stereocenters. The number of anilines is 2. The number of rotatable bonds is 1. The van der Waals surface area contributed by atoms with Crippen molar-refractivity contribution >= 4 is 40.4 Å². The molecule has 2 aromatic carbocycles. The SMILES string of the molecule is CN1c2ccc(Cl)cc2Sc2ccc([N+](=O)[O-])cc21. The fourth-order valence-corrected chi connectivity index (χ4v) is 3.47. The van der Waals surface area contributed by atoms with Crippen LogP contribution in [-0.2, 0) is 0 Å². The molecular weight excluding hydrogens is 284 g/mol. The number of non-ortho nitro benzene ring substituents is 1. The van der Waals surface area contributed by atoms with Crippen LogP contribution in [-0.4, -0.2) is 12.0 Å². The largest absolute Gasteiger partial charge is 0.343 e. The first-order valence-electron chi connectivity index (χ1n) is 5.56. The fraction of sp³-hybridized carbons (Fsp3) is 0.0769. The van der Waals surface area contributed by atoms with E-state index in [1.165, 1.54) is 6.07 Å². The van der Waals surface area contributed by atoms with Gasteiger partial charge in [-0.1, -0.05) is 23.4 Å². The lowest BCUT2D eigenvalue weighted by Gasteiger charge is -2.29. The van der Waals surface area contributed by atoms with Gasteiger partial charge >= 0.3 is 0 Å². The normalized spacial score (nSPS) is 12.8. The second-order valence-electron chi connectivity index (χ2n) is 4.18. The molecule has 0 saturated heterocycles. The van der Waals surface area contributed by atoms with Gasteiger partial charge in [-0.05, 0) is 24.3 Å². The van der Waals surface area contributed by atoms with Gasteiger partial charge in [0.1, 0.15) is 0 Å². The molecule has 3 rings (SSSR count). The van der Waals surface area contributed by atoms with E-state index in [1.54, 1.807) is 23.9 Å². The summed E-state index contributed by atoms with van der Waals surface area (Å²) in [5.74, 6) is 0. The van der Waals surface area contributed by atoms with Crippen molar-refractivity contribution < 1.29 is 4.92 Å². The topological polar surface area (TPSA) is 46.4 Å². The van der Waals surface area contributed by atoms with Crippen molar-refractivity contribution in [1.29, 1.82) is 0 Å². The maximum atomic E-state index is 10.8. The van der Waals surface area contributed by atoms with E-state index in [4.69, 9.17) is 11.6 Å². The third-order valence-electron chi connectivity index (χ3n) is 3.02. The first kappa shape index (κ1) is 12.3. The Labute approximate surface area is 119 Å². The summed E-state index contributed by atoms with van der Waals surface area (Å²) in [4.78, 5) is 14.5. The predicted molar refractivity (Wildman–Crippen MR) is 76.7 cm³/mol. The summed E-state index contributed by atoms with van der Waals surface area (Å²) >= 11 is 7.57. The van der Waals surface area contributed by atoms with Crippen LogP contribution in [0.15, 0.2) is 46.2 Å². The fourth-order valence-electron chi connectivity index (χ4n) is 2.06. The lowest BCUT2D eigenvalue weighted by Crippen LogP contribution is -2.14. The van der Waals surface area contributed by atoms with Crippen molar-refractivity contribution in [1.82, 2.24) is 0 Å². The van der Waals surface area contributed by atoms with Crippen LogP contribution in [0.3, 0.4) is 0 Å². The van der Waals surface area contributed by atoms with Crippen molar-refractivity contribution in [3.05, 3.63) is 51.5 Å². The minimum Gasteiger partial charge on any atom is -0.343 e. The van der Waals surface area contributed by atoms with Crippen LogP contribution in [0.25, 0.3) is 0 Å². The molecule has 6 heteroatoms. The van der Waals surface area contributed by atoms with Crippen LogP contribution >= 0.6 is 23.4 Å². The molecule has 1 heterocycles. The van der Waals surface area contributed by atoms with E-state index in [2.05, 4.69) is 0 Å². The van der Waals surface area contributed by atoms with Crippen LogP contribution in [0.5, 0.6) is 0 Å². The van der Waals surface area contributed by atoms with Crippen molar-refractivity contribution in [3.63, 3.8) is 0 Å². The van der Waals surface area contributed by atoms with Gasteiger partial charge in [0.2, 0.25) is 0 Å². The average Bonchev–Trinajstić information content (AvgIpc) is 2.38. The number of benzene rings is 2. The minimum atomic E-state index is -0.379. The molecule has 0 saturated carbocycles. The van der Waals surface area contributed by atoms with Gasteiger partial charge < -0.3 is 4.90 Å². The Morgan fingerprint density at radius 1 is 1.16 bits per heavy atom. The molecule has 4 nitrogen and oxygen atoms in total. The Morgan fingerprint density at radius 2 is 1.95 bits per heavy atom. The van der Waals surface area contributed by atoms with Crippen LogP contribution in [0.4, 0.5) is 17.1 Å². The third kappa shape index (κ3) is 2.05. The van der Waals surface area contributed by atoms with Gasteiger partial charge in [-0.15, -0.1) is 0 Å². The van der Waals surface area contributed by atoms with E-state index in [9.17, 15) is 10.1 Å². The minimum absolute atomic E-state index is 0.101. The van der Waals surface area contributed by atoms with Crippen molar-refractivity contribution in [2.75, 3.05) is 11.9 Å². The first-order chi connectivity index (χ1) is 9.06. The van der Waals surface area contributed by atoms with Gasteiger partial charge in [-0.3, -0.25) is 10.1 Å². The Balaban J connectivity index is 2.13. The zero-order chi connectivity index (χ0) is 13.6. The van der Waals surface area contributed by atoms with E-state index in [0.717, 1.165) is 21.2 Å². The lowest BCUT2D eigenvalue weighted by molar-refractivity contribution is -0.384. The first-order valence-corrected chi connectivity index (χ1v) is 6.75. The van der Waals surface area contributed by atoms with Crippen LogP contribution in [0.1, 0.15) is 0 Å². The molecule has 0 unspecified atom stereocenters. The number of fused-ring (bicyclic) bond motifs is 2. The summed E-state index contributed by atoms with van der Waals surface area (Å²) in [5.41, 5.74) is 1.94. The molecule has 0 radical (unpaired) electrons. The Kier molecular flexibility index (Phi) is 2.88. The lowest BCUT2D eigenvalue weighted by atomic mass is 10.2. The molecule has 2 aromatic rings. The van der Waals surface area contributed by atoms with E-state index >= 15 is 0 Å². The van der Waals surface area contributed by atoms with Crippen LogP contribution in [0.2, 0.25) is 5.02 Å². The predicted octanol–water partition coefficient (Wildman–Crippen LogP) is 4.48. The number of hydrogen-bond acceptors (Lipinski definition) is 4. The molecule has 0 amide bonds. The van der Waals surface area contributed by atoms with Crippen LogP contribution in [0, 0.1) is 10.1 Å². The summed E-state index contributed by atoms with van der Waals surface area (Å²) < 4.78 is 0. The molecule has 1 aliphatic heterocycles. The van der Waals surface area contributed by atoms with E-state index in [1.807, 2.05) is 30.1 Å². The highest BCUT2D eigenvalue weighted by atomic mass is 35.5. The third-order valence-corrected chi connectivity index (χ3v) is 4.36. The van der Waals surface area contributed by atoms with Gasteiger partial charge in [0.15, 0.2) is 0 Å². The number of nitro benzene ring substituents is 1. The summed E-state index contributed by atoms with van der Waals surface area (Å²) in [5, 5.41) is 11.5. The van der Waals surface area contributed by atoms with Crippen LogP contribution < -0.4 is 4.90 Å². The number of nitrogens with zero attached hydrogens (tertiary/aromatic N) is 2. The zero-order valence-electron chi connectivity index (χ0n) is 9.96. The Bertz CT molecular complexity index is 690. The molecule has 0 fully saturated rings. The molecule has 96 valence electrons. The summed E-state index contributed by atoms with van der Waals surface area (Å²) in [6, 6.07) is 10.5. The highest BCUT2D eigenvalue weighted by Gasteiger charge is 2.23. The zero-order valence-corrected chi connectivity index (χ0v) is 11.5. The van der Waals surface area contributed by atoms with Gasteiger partial charge in [-0.25, -0.2) is 0 Å². The van der Waals surface area contributed by atoms with Gasteiger partial charge in [0.05, 0.1) is 16.3 Å². The standard InChI is InChI=1S/C13H9ClN2O2S/c1-15-10-4-2-8(14)6-13(10)19-12-5-3-9(16(17)18)7-11(12)15/h2-7H,1H3. The number of nitro groups is 1. The van der Waals surface area contributed by atoms with Crippen molar-refractivity contribution in [3.8, 4) is 0 Å². The average molecular weight is 293 g/mol. The second kappa shape index (κ2) is 4.43. The van der Waals surface area contributed by atoms with E-state index in [0.29, 0.717) is 5.02 Å². The van der Waals surface area contributed by atoms with Gasteiger partial charge in [0, 0.05) is 34.0 Å². The molecule has 0 aromatic heterocycles. The van der Waals surface area contributed by atoms with Crippen molar-refractivity contribution in [2.24, 2.45) is 0 Å². The molecule has 0 aliphatic carbocycles. The Morgan fingerprint density at radius 3 is 2.68 bits per heavy atom. The summed E-state index contributed by atoms with van der Waals surface area (Å²) in [7, 11) is 1.90. The van der Waals surface area contributed by atoms with E-state index < -0.39 is 0 Å². The molecule has 1 aliphatic rings. The van der Waals surface area contributed by atoms with Gasteiger partial charge in [-0.2, -0.15) is 0 Å². The number of hydrogen-bond donors (Lipinski definition) is 0. The van der Waals surface area contributed by atoms with E-state index in [-0.39, 0.29) is 10.6 Å².